The lowest BCUT2D eigenvalue weighted by Crippen LogP contribution is -2.13. The zero-order valence-electron chi connectivity index (χ0n) is 10.4. The largest absolute Gasteiger partial charge is 0.395 e. The third-order valence-electron chi connectivity index (χ3n) is 3.28. The molecule has 0 saturated carbocycles. The topological polar surface area (TPSA) is 50.9 Å². The molecule has 0 radical (unpaired) electrons. The molecule has 3 nitrogen and oxygen atoms in total. The molecular weight excluding hydrogens is 230 g/mol. The van der Waals surface area contributed by atoms with Gasteiger partial charge in [-0.05, 0) is 18.1 Å². The van der Waals surface area contributed by atoms with Crippen LogP contribution < -0.4 is 11.1 Å². The van der Waals surface area contributed by atoms with Gasteiger partial charge in [-0.3, -0.25) is 0 Å². The van der Waals surface area contributed by atoms with Crippen LogP contribution in [-0.4, -0.2) is 11.5 Å². The predicted octanol–water partition coefficient (Wildman–Crippen LogP) is 3.73. The molecule has 0 bridgehead atoms. The summed E-state index contributed by atoms with van der Waals surface area (Å²) in [5, 5.41) is 3.44. The van der Waals surface area contributed by atoms with Gasteiger partial charge in [0, 0.05) is 6.54 Å². The first-order valence-electron chi connectivity index (χ1n) is 6.11. The summed E-state index contributed by atoms with van der Waals surface area (Å²) in [5.74, 6) is 0.709. The number of rotatable bonds is 5. The number of thiazole rings is 1. The van der Waals surface area contributed by atoms with Crippen LogP contribution in [0.3, 0.4) is 0 Å². The number of nitrogen functional groups attached to an aromatic ring is 1. The van der Waals surface area contributed by atoms with E-state index in [9.17, 15) is 0 Å². The molecule has 2 rings (SSSR count). The van der Waals surface area contributed by atoms with Crippen molar-refractivity contribution >= 4 is 32.9 Å². The van der Waals surface area contributed by atoms with E-state index in [2.05, 4.69) is 36.3 Å². The maximum atomic E-state index is 6.11. The van der Waals surface area contributed by atoms with Crippen LogP contribution in [0.25, 0.3) is 10.2 Å². The fourth-order valence-electron chi connectivity index (χ4n) is 1.94. The minimum atomic E-state index is 0.709. The molecule has 2 aromatic rings. The zero-order valence-corrected chi connectivity index (χ0v) is 11.2. The number of nitrogens with zero attached hydrogens (tertiary/aromatic N) is 1. The summed E-state index contributed by atoms with van der Waals surface area (Å²) < 4.78 is 1.15. The number of benzene rings is 1. The quantitative estimate of drug-likeness (QED) is 0.794. The fourth-order valence-corrected chi connectivity index (χ4v) is 2.63. The number of fused-ring (bicyclic) bond motifs is 1. The Bertz CT molecular complexity index is 488. The number of hydrogen-bond acceptors (Lipinski definition) is 4. The lowest BCUT2D eigenvalue weighted by molar-refractivity contribution is 0.519. The molecule has 0 saturated heterocycles. The Hall–Kier alpha value is -1.29. The van der Waals surface area contributed by atoms with E-state index in [1.807, 2.05) is 5.51 Å². The van der Waals surface area contributed by atoms with E-state index in [-0.39, 0.29) is 0 Å². The molecule has 0 fully saturated rings. The van der Waals surface area contributed by atoms with Crippen LogP contribution in [-0.2, 0) is 0 Å². The van der Waals surface area contributed by atoms with Gasteiger partial charge in [0.2, 0.25) is 0 Å². The van der Waals surface area contributed by atoms with Crippen molar-refractivity contribution in [1.82, 2.24) is 4.98 Å². The third kappa shape index (κ3) is 2.52. The van der Waals surface area contributed by atoms with Crippen LogP contribution >= 0.6 is 11.3 Å². The molecule has 17 heavy (non-hydrogen) atoms. The molecule has 0 spiro atoms. The summed E-state index contributed by atoms with van der Waals surface area (Å²) in [6.45, 7) is 5.43. The van der Waals surface area contributed by atoms with Gasteiger partial charge in [0.25, 0.3) is 0 Å². The Morgan fingerprint density at radius 2 is 2.12 bits per heavy atom. The molecule has 1 aromatic carbocycles. The molecule has 0 amide bonds. The smallest absolute Gasteiger partial charge is 0.106 e. The molecule has 4 heteroatoms. The minimum absolute atomic E-state index is 0.709. The van der Waals surface area contributed by atoms with Crippen molar-refractivity contribution in [3.8, 4) is 0 Å². The van der Waals surface area contributed by atoms with Gasteiger partial charge >= 0.3 is 0 Å². The monoisotopic (exact) mass is 249 g/mol. The van der Waals surface area contributed by atoms with E-state index in [1.54, 1.807) is 11.3 Å². The van der Waals surface area contributed by atoms with E-state index in [0.29, 0.717) is 5.92 Å². The SMILES string of the molecule is CCC(CC)CNc1ccc2scnc2c1N. The molecule has 0 atom stereocenters. The van der Waals surface area contributed by atoms with Gasteiger partial charge in [-0.25, -0.2) is 4.98 Å². The van der Waals surface area contributed by atoms with E-state index in [1.165, 1.54) is 12.8 Å². The molecule has 1 heterocycles. The van der Waals surface area contributed by atoms with Crippen LogP contribution in [0.15, 0.2) is 17.6 Å². The minimum Gasteiger partial charge on any atom is -0.395 e. The molecule has 3 N–H and O–H groups in total. The van der Waals surface area contributed by atoms with Crippen LogP contribution in [0.5, 0.6) is 0 Å². The highest BCUT2D eigenvalue weighted by molar-refractivity contribution is 7.16. The number of nitrogens with one attached hydrogen (secondary N) is 1. The molecule has 92 valence electrons. The Balaban J connectivity index is 2.15. The average molecular weight is 249 g/mol. The van der Waals surface area contributed by atoms with Gasteiger partial charge in [0.15, 0.2) is 0 Å². The van der Waals surface area contributed by atoms with Crippen LogP contribution in [0, 0.1) is 5.92 Å². The highest BCUT2D eigenvalue weighted by Crippen LogP contribution is 2.30. The predicted molar refractivity (Wildman–Crippen MR) is 76.6 cm³/mol. The van der Waals surface area contributed by atoms with Crippen LogP contribution in [0.4, 0.5) is 11.4 Å². The number of aromatic nitrogens is 1. The summed E-state index contributed by atoms with van der Waals surface area (Å²) in [5.41, 5.74) is 10.7. The second-order valence-electron chi connectivity index (χ2n) is 4.29. The molecule has 1 aromatic heterocycles. The van der Waals surface area contributed by atoms with Gasteiger partial charge in [-0.2, -0.15) is 0 Å². The highest BCUT2D eigenvalue weighted by Gasteiger charge is 2.08. The Morgan fingerprint density at radius 1 is 1.35 bits per heavy atom. The summed E-state index contributed by atoms with van der Waals surface area (Å²) in [6.07, 6.45) is 2.39. The first-order chi connectivity index (χ1) is 8.26. The summed E-state index contributed by atoms with van der Waals surface area (Å²) >= 11 is 1.62. The summed E-state index contributed by atoms with van der Waals surface area (Å²) in [4.78, 5) is 4.30. The third-order valence-corrected chi connectivity index (χ3v) is 4.07. The van der Waals surface area contributed by atoms with E-state index >= 15 is 0 Å². The second kappa shape index (κ2) is 5.36. The Morgan fingerprint density at radius 3 is 2.82 bits per heavy atom. The number of hydrogen-bond donors (Lipinski definition) is 2. The first-order valence-corrected chi connectivity index (χ1v) is 6.99. The van der Waals surface area contributed by atoms with Crippen LogP contribution in [0.2, 0.25) is 0 Å². The molecule has 0 aliphatic heterocycles. The maximum Gasteiger partial charge on any atom is 0.106 e. The lowest BCUT2D eigenvalue weighted by Gasteiger charge is -2.15. The highest BCUT2D eigenvalue weighted by atomic mass is 32.1. The Kier molecular flexibility index (Phi) is 3.84. The number of nitrogens with two attached hydrogens (primary N) is 1. The zero-order chi connectivity index (χ0) is 12.3. The molecule has 0 aliphatic carbocycles. The van der Waals surface area contributed by atoms with Crippen molar-refractivity contribution < 1.29 is 0 Å². The second-order valence-corrected chi connectivity index (χ2v) is 5.18. The average Bonchev–Trinajstić information content (AvgIpc) is 2.82. The van der Waals surface area contributed by atoms with Gasteiger partial charge in [0.05, 0.1) is 21.6 Å². The molecular formula is C13H19N3S. The van der Waals surface area contributed by atoms with Crippen LogP contribution in [0.1, 0.15) is 26.7 Å². The van der Waals surface area contributed by atoms with Gasteiger partial charge in [-0.1, -0.05) is 26.7 Å². The molecule has 0 unspecified atom stereocenters. The van der Waals surface area contributed by atoms with E-state index in [4.69, 9.17) is 5.73 Å². The number of anilines is 2. The van der Waals surface area contributed by atoms with E-state index < -0.39 is 0 Å². The van der Waals surface area contributed by atoms with Crippen molar-refractivity contribution in [2.24, 2.45) is 5.92 Å². The van der Waals surface area contributed by atoms with Gasteiger partial charge in [0.1, 0.15) is 5.52 Å². The molecule has 0 aliphatic rings. The van der Waals surface area contributed by atoms with E-state index in [0.717, 1.165) is 28.1 Å². The van der Waals surface area contributed by atoms with Crippen molar-refractivity contribution in [1.29, 1.82) is 0 Å². The standard InChI is InChI=1S/C13H19N3S/c1-3-9(4-2)7-15-10-5-6-11-13(12(10)14)16-8-17-11/h5-6,8-9,15H,3-4,7,14H2,1-2H3. The first kappa shape index (κ1) is 12.2. The van der Waals surface area contributed by atoms with Crippen molar-refractivity contribution in [2.45, 2.75) is 26.7 Å². The van der Waals surface area contributed by atoms with Gasteiger partial charge in [-0.15, -0.1) is 11.3 Å². The summed E-state index contributed by atoms with van der Waals surface area (Å²) in [6, 6.07) is 4.14. The van der Waals surface area contributed by atoms with Crippen molar-refractivity contribution in [2.75, 3.05) is 17.6 Å². The maximum absolute atomic E-state index is 6.11. The fraction of sp³-hybridized carbons (Fsp3) is 0.462. The Labute approximate surface area is 106 Å². The van der Waals surface area contributed by atoms with Crippen molar-refractivity contribution in [3.63, 3.8) is 0 Å². The lowest BCUT2D eigenvalue weighted by atomic mass is 10.0. The normalized spacial score (nSPS) is 11.2. The van der Waals surface area contributed by atoms with Crippen molar-refractivity contribution in [3.05, 3.63) is 17.6 Å². The summed E-state index contributed by atoms with van der Waals surface area (Å²) in [7, 11) is 0. The van der Waals surface area contributed by atoms with Gasteiger partial charge < -0.3 is 11.1 Å².